The molecule has 7 heterocycles. The molecule has 2 saturated carbocycles. The minimum Gasteiger partial charge on any atom is -0.392 e. The summed E-state index contributed by atoms with van der Waals surface area (Å²) in [5.74, 6) is 9.23. The molecule has 2 aliphatic carbocycles. The molecule has 0 atom stereocenters. The third kappa shape index (κ3) is 11.4. The van der Waals surface area contributed by atoms with Gasteiger partial charge in [0.25, 0.3) is 0 Å². The lowest BCUT2D eigenvalue weighted by atomic mass is 9.90. The average Bonchev–Trinajstić information content (AvgIpc) is 4.11. The van der Waals surface area contributed by atoms with Gasteiger partial charge in [-0.3, -0.25) is 9.97 Å². The second-order valence-corrected chi connectivity index (χ2v) is 26.6. The van der Waals surface area contributed by atoms with E-state index in [0.29, 0.717) is 17.9 Å². The first-order valence-electron chi connectivity index (χ1n) is 21.9. The molecule has 2 N–H and O–H groups in total. The number of hydrogen-bond donors (Lipinski definition) is 2. The van der Waals surface area contributed by atoms with Crippen molar-refractivity contribution >= 4 is 85.9 Å². The van der Waals surface area contributed by atoms with E-state index in [1.54, 1.807) is 47.5 Å². The molecule has 0 radical (unpaired) electrons. The van der Waals surface area contributed by atoms with Gasteiger partial charge in [0, 0.05) is 58.8 Å². The highest BCUT2D eigenvalue weighted by Gasteiger charge is 2.51. The Kier molecular flexibility index (Phi) is 15.8. The van der Waals surface area contributed by atoms with Gasteiger partial charge in [0.15, 0.2) is 11.6 Å². The van der Waals surface area contributed by atoms with Crippen LogP contribution in [0.5, 0.6) is 0 Å². The number of hydrogen-bond acceptors (Lipinski definition) is 12. The quantitative estimate of drug-likeness (QED) is 0.123. The number of halogens is 1. The van der Waals surface area contributed by atoms with Crippen molar-refractivity contribution < 1.29 is 9.31 Å². The highest BCUT2D eigenvalue weighted by Crippen LogP contribution is 2.39. The zero-order valence-electron chi connectivity index (χ0n) is 37.9. The molecular weight excluding hydrogens is 916 g/mol. The zero-order chi connectivity index (χ0) is 45.0. The Balaban J connectivity index is 0.000000160. The molecule has 0 bridgehead atoms. The summed E-state index contributed by atoms with van der Waals surface area (Å²) in [5, 5.41) is 11.6. The van der Waals surface area contributed by atoms with Crippen LogP contribution in [0.1, 0.15) is 113 Å². The maximum absolute atomic E-state index is 5.90. The lowest BCUT2D eigenvalue weighted by Crippen LogP contribution is -2.41. The van der Waals surface area contributed by atoms with Crippen molar-refractivity contribution in [1.29, 1.82) is 0 Å². The van der Waals surface area contributed by atoms with Crippen LogP contribution >= 0.6 is 38.6 Å². The number of rotatable bonds is 6. The molecule has 9 rings (SSSR count). The van der Waals surface area contributed by atoms with Crippen molar-refractivity contribution in [3.05, 3.63) is 69.8 Å². The lowest BCUT2D eigenvalue weighted by Gasteiger charge is -2.32. The number of fused-ring (bicyclic) bond motifs is 2. The summed E-state index contributed by atoms with van der Waals surface area (Å²) in [5.41, 5.74) is 7.48. The number of thiophene rings is 2. The van der Waals surface area contributed by atoms with Gasteiger partial charge in [-0.2, -0.15) is 0 Å². The third-order valence-electron chi connectivity index (χ3n) is 12.8. The van der Waals surface area contributed by atoms with Gasteiger partial charge < -0.3 is 19.9 Å². The van der Waals surface area contributed by atoms with E-state index in [2.05, 4.69) is 121 Å². The van der Waals surface area contributed by atoms with Crippen molar-refractivity contribution in [3.8, 4) is 46.5 Å². The number of nitrogens with zero attached hydrogens (tertiary/aromatic N) is 6. The number of anilines is 2. The summed E-state index contributed by atoms with van der Waals surface area (Å²) in [7, 11) is -1.97. The van der Waals surface area contributed by atoms with E-state index in [0.717, 1.165) is 59.1 Å². The van der Waals surface area contributed by atoms with E-state index in [9.17, 15) is 0 Å². The zero-order valence-corrected chi connectivity index (χ0v) is 42.2. The molecule has 6 aromatic heterocycles. The number of aromatic nitrogens is 6. The Hall–Kier alpha value is -4.22. The van der Waals surface area contributed by atoms with Gasteiger partial charge in [0.2, 0.25) is 0 Å². The summed E-state index contributed by atoms with van der Waals surface area (Å²) in [6, 6.07) is 8.76. The van der Waals surface area contributed by atoms with Gasteiger partial charge in [-0.1, -0.05) is 78.7 Å². The van der Waals surface area contributed by atoms with Gasteiger partial charge in [-0.15, -0.1) is 34.6 Å². The van der Waals surface area contributed by atoms with E-state index < -0.39 is 8.07 Å². The molecule has 0 spiro atoms. The van der Waals surface area contributed by atoms with E-state index in [4.69, 9.17) is 35.7 Å². The average molecular weight is 978 g/mol. The predicted molar refractivity (Wildman–Crippen MR) is 276 cm³/mol. The van der Waals surface area contributed by atoms with Gasteiger partial charge in [-0.25, -0.2) is 19.9 Å². The van der Waals surface area contributed by atoms with Crippen molar-refractivity contribution in [2.45, 2.75) is 149 Å². The molecule has 0 unspecified atom stereocenters. The first kappa shape index (κ1) is 49.2. The van der Waals surface area contributed by atoms with Crippen LogP contribution in [0.2, 0.25) is 18.1 Å². The molecular formula is C49H62BBrN8O2S2Si. The van der Waals surface area contributed by atoms with Crippen LogP contribution in [-0.2, 0) is 9.31 Å². The monoisotopic (exact) mass is 976 g/mol. The van der Waals surface area contributed by atoms with Gasteiger partial charge in [-0.05, 0) is 98.6 Å². The summed E-state index contributed by atoms with van der Waals surface area (Å²) in [6.45, 7) is 19.6. The van der Waals surface area contributed by atoms with Crippen molar-refractivity contribution in [2.24, 2.45) is 0 Å². The Morgan fingerprint density at radius 3 is 1.62 bits per heavy atom. The van der Waals surface area contributed by atoms with Crippen LogP contribution in [0.3, 0.4) is 0 Å². The second-order valence-electron chi connectivity index (χ2n) is 19.0. The SMILES string of the molecule is Brc1csc2c(NC3CCCC3)nc(-c3ccncc3)nc12.C.C#Cc1csc2c(NC3CCCC3)nc(-c3ccncc3)nc12.CC1(C)OB(C#C[Si](C)(C)C(C)(C)C)OC1(C)C. The van der Waals surface area contributed by atoms with Crippen molar-refractivity contribution in [1.82, 2.24) is 29.9 Å². The summed E-state index contributed by atoms with van der Waals surface area (Å²) in [6.07, 6.45) is 22.7. The van der Waals surface area contributed by atoms with Gasteiger partial charge >= 0.3 is 7.12 Å². The lowest BCUT2D eigenvalue weighted by molar-refractivity contribution is 0.00578. The summed E-state index contributed by atoms with van der Waals surface area (Å²) < 4.78 is 15.0. The smallest absolute Gasteiger partial charge is 0.392 e. The predicted octanol–water partition coefficient (Wildman–Crippen LogP) is 13.3. The minimum absolute atomic E-state index is 0. The standard InChI is InChI=1S/C18H16N4S.C16H15BrN4S.C14H27BO2Si.CH4/c1-2-12-11-23-16-15(12)21-17(13-7-9-19-10-8-13)22-18(16)20-14-5-3-4-6-14;17-12-9-22-14-13(12)20-15(10-5-7-18-8-6-10)21-16(14)19-11-3-1-2-4-11;1-12(2,3)18(8,9)11-10-15-16-13(4,5)14(6,7)17-15;/h1,7-11,14H,3-6H2,(H,20,21,22);5-9,11H,1-4H2,(H,19,20,21);1-9H3;1H4. The van der Waals surface area contributed by atoms with Crippen LogP contribution < -0.4 is 10.6 Å². The number of terminal acetylenes is 1. The molecule has 0 aromatic carbocycles. The summed E-state index contributed by atoms with van der Waals surface area (Å²) >= 11 is 6.89. The van der Waals surface area contributed by atoms with Crippen LogP contribution in [0, 0.1) is 23.7 Å². The topological polar surface area (TPSA) is 120 Å². The maximum Gasteiger partial charge on any atom is 0.550 e. The highest BCUT2D eigenvalue weighted by atomic mass is 79.9. The van der Waals surface area contributed by atoms with E-state index >= 15 is 0 Å². The third-order valence-corrected chi connectivity index (χ3v) is 20.2. The molecule has 6 aromatic rings. The Morgan fingerprint density at radius 1 is 0.734 bits per heavy atom. The fourth-order valence-corrected chi connectivity index (χ4v) is 10.5. The maximum atomic E-state index is 5.90. The fraction of sp³-hybridized carbons (Fsp3) is 0.469. The molecule has 336 valence electrons. The molecule has 3 aliphatic rings. The van der Waals surface area contributed by atoms with Crippen molar-refractivity contribution in [3.63, 3.8) is 0 Å². The Labute approximate surface area is 398 Å². The number of nitrogens with one attached hydrogen (secondary N) is 2. The van der Waals surface area contributed by atoms with E-state index in [1.807, 2.05) is 29.6 Å². The highest BCUT2D eigenvalue weighted by molar-refractivity contribution is 9.10. The second kappa shape index (κ2) is 20.5. The molecule has 64 heavy (non-hydrogen) atoms. The normalized spacial score (nSPS) is 17.0. The Morgan fingerprint density at radius 2 is 1.17 bits per heavy atom. The van der Waals surface area contributed by atoms with E-state index in [1.165, 1.54) is 51.4 Å². The molecule has 15 heteroatoms. The number of pyridine rings is 2. The molecule has 1 saturated heterocycles. The van der Waals surface area contributed by atoms with Crippen LogP contribution in [0.15, 0.2) is 64.3 Å². The van der Waals surface area contributed by atoms with Crippen molar-refractivity contribution in [2.75, 3.05) is 10.6 Å². The van der Waals surface area contributed by atoms with Crippen LogP contribution in [0.4, 0.5) is 11.6 Å². The van der Waals surface area contributed by atoms with E-state index in [-0.39, 0.29) is 30.8 Å². The molecule has 0 amide bonds. The van der Waals surface area contributed by atoms with Crippen LogP contribution in [0.25, 0.3) is 43.2 Å². The first-order valence-corrected chi connectivity index (χ1v) is 27.4. The van der Waals surface area contributed by atoms with Gasteiger partial charge in [0.05, 0.1) is 30.6 Å². The molecule has 10 nitrogen and oxygen atoms in total. The first-order chi connectivity index (χ1) is 29.9. The van der Waals surface area contributed by atoms with Crippen LogP contribution in [-0.4, -0.2) is 68.4 Å². The molecule has 3 fully saturated rings. The fourth-order valence-electron chi connectivity index (χ4n) is 7.22. The van der Waals surface area contributed by atoms with Gasteiger partial charge in [0.1, 0.15) is 30.7 Å². The largest absolute Gasteiger partial charge is 0.550 e. The molecule has 1 aliphatic heterocycles. The minimum atomic E-state index is -1.59. The Bertz CT molecular complexity index is 2610. The summed E-state index contributed by atoms with van der Waals surface area (Å²) in [4.78, 5) is 27.1.